The molecule has 0 aliphatic carbocycles. The van der Waals surface area contributed by atoms with E-state index in [4.69, 9.17) is 27.7 Å². The summed E-state index contributed by atoms with van der Waals surface area (Å²) in [4.78, 5) is 12.6. The van der Waals surface area contributed by atoms with E-state index < -0.39 is 0 Å². The second-order valence-electron chi connectivity index (χ2n) is 5.44. The monoisotopic (exact) mass is 378 g/mol. The van der Waals surface area contributed by atoms with Gasteiger partial charge in [0, 0.05) is 31.0 Å². The molecule has 3 rings (SSSR count). The van der Waals surface area contributed by atoms with Crippen LogP contribution in [0, 0.1) is 6.92 Å². The first-order chi connectivity index (χ1) is 12.1. The quantitative estimate of drug-likeness (QED) is 0.658. The number of carbonyl (C=O) groups is 1. The summed E-state index contributed by atoms with van der Waals surface area (Å²) in [6.45, 7) is 2.90. The molecule has 0 saturated heterocycles. The van der Waals surface area contributed by atoms with Crippen LogP contribution < -0.4 is 5.32 Å². The molecular formula is C17H16Cl2N4O2. The van der Waals surface area contributed by atoms with Gasteiger partial charge in [-0.15, -0.1) is 0 Å². The van der Waals surface area contributed by atoms with Crippen molar-refractivity contribution in [2.24, 2.45) is 0 Å². The highest BCUT2D eigenvalue weighted by molar-refractivity contribution is 6.39. The third-order valence-electron chi connectivity index (χ3n) is 3.70. The Morgan fingerprint density at radius 1 is 1.28 bits per heavy atom. The van der Waals surface area contributed by atoms with E-state index in [1.807, 2.05) is 16.9 Å². The average Bonchev–Trinajstić information content (AvgIpc) is 3.21. The highest BCUT2D eigenvalue weighted by atomic mass is 35.5. The zero-order chi connectivity index (χ0) is 17.8. The van der Waals surface area contributed by atoms with Gasteiger partial charge >= 0.3 is 0 Å². The predicted molar refractivity (Wildman–Crippen MR) is 95.9 cm³/mol. The van der Waals surface area contributed by atoms with E-state index in [-0.39, 0.29) is 5.91 Å². The minimum absolute atomic E-state index is 0.273. The lowest BCUT2D eigenvalue weighted by atomic mass is 10.1. The zero-order valence-corrected chi connectivity index (χ0v) is 15.0. The van der Waals surface area contributed by atoms with Crippen LogP contribution in [0.3, 0.4) is 0 Å². The van der Waals surface area contributed by atoms with E-state index in [2.05, 4.69) is 15.6 Å². The minimum Gasteiger partial charge on any atom is -0.360 e. The van der Waals surface area contributed by atoms with E-state index in [1.165, 1.54) is 0 Å². The van der Waals surface area contributed by atoms with Crippen LogP contribution >= 0.6 is 23.2 Å². The molecule has 0 spiro atoms. The van der Waals surface area contributed by atoms with Crippen molar-refractivity contribution in [2.45, 2.75) is 19.9 Å². The summed E-state index contributed by atoms with van der Waals surface area (Å²) in [6, 6.07) is 6.98. The van der Waals surface area contributed by atoms with Crippen LogP contribution in [0.4, 0.5) is 0 Å². The number of halogens is 2. The molecule has 130 valence electrons. The smallest absolute Gasteiger partial charge is 0.257 e. The molecule has 1 N–H and O–H groups in total. The average molecular weight is 379 g/mol. The molecule has 1 aromatic carbocycles. The maximum Gasteiger partial charge on any atom is 0.257 e. The third-order valence-corrected chi connectivity index (χ3v) is 4.33. The Bertz CT molecular complexity index is 855. The first kappa shape index (κ1) is 17.5. The molecule has 0 saturated carbocycles. The number of hydrogen-bond acceptors (Lipinski definition) is 4. The summed E-state index contributed by atoms with van der Waals surface area (Å²) in [5.41, 5.74) is 1.18. The Labute approximate surface area is 154 Å². The Hall–Kier alpha value is -2.31. The molecule has 0 atom stereocenters. The molecule has 3 aromatic rings. The van der Waals surface area contributed by atoms with Gasteiger partial charge in [0.2, 0.25) is 0 Å². The van der Waals surface area contributed by atoms with Crippen molar-refractivity contribution in [3.8, 4) is 11.3 Å². The summed E-state index contributed by atoms with van der Waals surface area (Å²) < 4.78 is 7.02. The normalized spacial score (nSPS) is 10.8. The minimum atomic E-state index is -0.273. The van der Waals surface area contributed by atoms with Gasteiger partial charge in [0.1, 0.15) is 17.0 Å². The fourth-order valence-electron chi connectivity index (χ4n) is 2.50. The van der Waals surface area contributed by atoms with Gasteiger partial charge in [0.25, 0.3) is 5.91 Å². The lowest BCUT2D eigenvalue weighted by Crippen LogP contribution is -2.26. The number of aryl methyl sites for hydroxylation is 2. The predicted octanol–water partition coefficient (Wildman–Crippen LogP) is 3.97. The summed E-state index contributed by atoms with van der Waals surface area (Å²) >= 11 is 12.5. The van der Waals surface area contributed by atoms with Crippen LogP contribution in [-0.4, -0.2) is 27.4 Å². The van der Waals surface area contributed by atoms with Gasteiger partial charge in [-0.05, 0) is 31.5 Å². The standard InChI is InChI=1S/C17H16Cl2N4O2/c1-11-14(17(24)20-7-3-9-23-10-4-8-21-23)16(22-25-11)15-12(18)5-2-6-13(15)19/h2,4-6,8,10H,3,7,9H2,1H3,(H,20,24). The van der Waals surface area contributed by atoms with Gasteiger partial charge in [-0.1, -0.05) is 34.4 Å². The second-order valence-corrected chi connectivity index (χ2v) is 6.25. The highest BCUT2D eigenvalue weighted by Crippen LogP contribution is 2.36. The summed E-state index contributed by atoms with van der Waals surface area (Å²) in [6.07, 6.45) is 4.35. The van der Waals surface area contributed by atoms with Gasteiger partial charge in [-0.2, -0.15) is 5.10 Å². The van der Waals surface area contributed by atoms with Crippen molar-refractivity contribution >= 4 is 29.1 Å². The van der Waals surface area contributed by atoms with Crippen LogP contribution in [0.2, 0.25) is 10.0 Å². The molecular weight excluding hydrogens is 363 g/mol. The lowest BCUT2D eigenvalue weighted by molar-refractivity contribution is 0.0951. The first-order valence-electron chi connectivity index (χ1n) is 7.74. The van der Waals surface area contributed by atoms with Crippen molar-refractivity contribution in [1.82, 2.24) is 20.3 Å². The number of carbonyl (C=O) groups excluding carboxylic acids is 1. The molecule has 0 fully saturated rings. The Balaban J connectivity index is 1.74. The van der Waals surface area contributed by atoms with Crippen LogP contribution in [0.5, 0.6) is 0 Å². The topological polar surface area (TPSA) is 73.0 Å². The van der Waals surface area contributed by atoms with Gasteiger partial charge in [-0.25, -0.2) is 0 Å². The van der Waals surface area contributed by atoms with Crippen molar-refractivity contribution in [1.29, 1.82) is 0 Å². The molecule has 2 aromatic heterocycles. The highest BCUT2D eigenvalue weighted by Gasteiger charge is 2.24. The molecule has 0 radical (unpaired) electrons. The maximum absolute atomic E-state index is 12.6. The molecule has 0 unspecified atom stereocenters. The summed E-state index contributed by atoms with van der Waals surface area (Å²) in [5, 5.41) is 11.8. The van der Waals surface area contributed by atoms with Gasteiger partial charge < -0.3 is 9.84 Å². The number of hydrogen-bond donors (Lipinski definition) is 1. The van der Waals surface area contributed by atoms with E-state index >= 15 is 0 Å². The second kappa shape index (κ2) is 7.72. The van der Waals surface area contributed by atoms with Crippen molar-refractivity contribution < 1.29 is 9.32 Å². The van der Waals surface area contributed by atoms with Crippen LogP contribution in [0.1, 0.15) is 22.5 Å². The van der Waals surface area contributed by atoms with Gasteiger partial charge in [0.15, 0.2) is 0 Å². The van der Waals surface area contributed by atoms with E-state index in [9.17, 15) is 4.79 Å². The third kappa shape index (κ3) is 3.86. The van der Waals surface area contributed by atoms with Crippen LogP contribution in [0.15, 0.2) is 41.2 Å². The molecule has 1 amide bonds. The zero-order valence-electron chi connectivity index (χ0n) is 13.5. The molecule has 0 aliphatic heterocycles. The number of amides is 1. The molecule has 0 aliphatic rings. The maximum atomic E-state index is 12.6. The van der Waals surface area contributed by atoms with E-state index in [0.29, 0.717) is 39.2 Å². The van der Waals surface area contributed by atoms with Crippen LogP contribution in [-0.2, 0) is 6.54 Å². The van der Waals surface area contributed by atoms with Crippen LogP contribution in [0.25, 0.3) is 11.3 Å². The summed E-state index contributed by atoms with van der Waals surface area (Å²) in [7, 11) is 0. The molecule has 0 bridgehead atoms. The van der Waals surface area contributed by atoms with Gasteiger partial charge in [0.05, 0.1) is 10.0 Å². The fraction of sp³-hybridized carbons (Fsp3) is 0.235. The largest absolute Gasteiger partial charge is 0.360 e. The Kier molecular flexibility index (Phi) is 5.40. The molecule has 2 heterocycles. The fourth-order valence-corrected chi connectivity index (χ4v) is 3.07. The first-order valence-corrected chi connectivity index (χ1v) is 8.50. The summed E-state index contributed by atoms with van der Waals surface area (Å²) in [5.74, 6) is 0.140. The van der Waals surface area contributed by atoms with Crippen molar-refractivity contribution in [2.75, 3.05) is 6.54 Å². The SMILES string of the molecule is Cc1onc(-c2c(Cl)cccc2Cl)c1C(=O)NCCCn1cccn1. The van der Waals surface area contributed by atoms with E-state index in [0.717, 1.165) is 13.0 Å². The lowest BCUT2D eigenvalue weighted by Gasteiger charge is -2.08. The number of benzene rings is 1. The molecule has 25 heavy (non-hydrogen) atoms. The Morgan fingerprint density at radius 3 is 2.72 bits per heavy atom. The molecule has 8 heteroatoms. The number of nitrogens with zero attached hydrogens (tertiary/aromatic N) is 3. The number of nitrogens with one attached hydrogen (secondary N) is 1. The number of rotatable bonds is 6. The van der Waals surface area contributed by atoms with Crippen molar-refractivity contribution in [3.05, 3.63) is 58.0 Å². The van der Waals surface area contributed by atoms with Crippen molar-refractivity contribution in [3.63, 3.8) is 0 Å². The molecule has 6 nitrogen and oxygen atoms in total. The van der Waals surface area contributed by atoms with Gasteiger partial charge in [-0.3, -0.25) is 9.48 Å². The Morgan fingerprint density at radius 2 is 2.04 bits per heavy atom. The van der Waals surface area contributed by atoms with E-state index in [1.54, 1.807) is 31.3 Å². The number of aromatic nitrogens is 3.